The van der Waals surface area contributed by atoms with Crippen molar-refractivity contribution in [3.63, 3.8) is 0 Å². The molecule has 0 radical (unpaired) electrons. The summed E-state index contributed by atoms with van der Waals surface area (Å²) in [5.74, 6) is -2.91. The summed E-state index contributed by atoms with van der Waals surface area (Å²) in [6.07, 6.45) is 0.671. The molecule has 3 rings (SSSR count). The van der Waals surface area contributed by atoms with Crippen molar-refractivity contribution in [3.05, 3.63) is 65.5 Å². The van der Waals surface area contributed by atoms with Crippen LogP contribution in [0, 0.1) is 17.5 Å². The fourth-order valence-electron chi connectivity index (χ4n) is 3.11. The summed E-state index contributed by atoms with van der Waals surface area (Å²) in [4.78, 5) is 12.2. The van der Waals surface area contributed by atoms with E-state index in [-0.39, 0.29) is 36.7 Å². The number of piperidine rings is 1. The number of ether oxygens (including phenoxy) is 1. The summed E-state index contributed by atoms with van der Waals surface area (Å²) in [5, 5.41) is 5.99. The number of carbonyl (C=O) groups is 1. The topological polar surface area (TPSA) is 50.4 Å². The molecular formula is C19H20ClF3N2O2. The van der Waals surface area contributed by atoms with Gasteiger partial charge in [-0.1, -0.05) is 18.2 Å². The van der Waals surface area contributed by atoms with Gasteiger partial charge in [0.05, 0.1) is 0 Å². The van der Waals surface area contributed by atoms with Crippen molar-refractivity contribution in [2.75, 3.05) is 19.7 Å². The van der Waals surface area contributed by atoms with Crippen molar-refractivity contribution >= 4 is 18.3 Å². The number of carbonyl (C=O) groups excluding carboxylic acids is 1. The average Bonchev–Trinajstić information content (AvgIpc) is 2.64. The largest absolute Gasteiger partial charge is 0.481 e. The zero-order chi connectivity index (χ0) is 18.5. The number of rotatable bonds is 5. The van der Waals surface area contributed by atoms with Crippen LogP contribution < -0.4 is 15.4 Å². The monoisotopic (exact) mass is 400 g/mol. The first-order valence-electron chi connectivity index (χ1n) is 8.37. The minimum Gasteiger partial charge on any atom is -0.481 e. The molecule has 1 aliphatic heterocycles. The third-order valence-electron chi connectivity index (χ3n) is 4.40. The second-order valence-electron chi connectivity index (χ2n) is 6.17. The van der Waals surface area contributed by atoms with Crippen LogP contribution >= 0.6 is 12.4 Å². The molecule has 8 heteroatoms. The smallest absolute Gasteiger partial charge is 0.258 e. The van der Waals surface area contributed by atoms with E-state index in [0.717, 1.165) is 6.07 Å². The van der Waals surface area contributed by atoms with Crippen LogP contribution in [0.4, 0.5) is 13.2 Å². The van der Waals surface area contributed by atoms with E-state index in [1.54, 1.807) is 6.07 Å². The van der Waals surface area contributed by atoms with E-state index >= 15 is 0 Å². The predicted octanol–water partition coefficient (Wildman–Crippen LogP) is 3.17. The van der Waals surface area contributed by atoms with Gasteiger partial charge in [0.1, 0.15) is 0 Å². The Morgan fingerprint density at radius 1 is 1.11 bits per heavy atom. The Balaban J connectivity index is 0.00000261. The zero-order valence-corrected chi connectivity index (χ0v) is 15.2. The number of hydrogen-bond donors (Lipinski definition) is 2. The van der Waals surface area contributed by atoms with Crippen LogP contribution in [0.3, 0.4) is 0 Å². The standard InChI is InChI=1S/C19H19F3N2O2.ClH/c20-14-6-5-12(9-16(14)22)13-7-8-23-10-17(13)24-19(25)11-26-18-4-2-1-3-15(18)21;/h1-6,9,13,17,23H,7-8,10-11H2,(H,24,25);1H. The van der Waals surface area contributed by atoms with Gasteiger partial charge in [-0.3, -0.25) is 4.79 Å². The molecule has 2 N–H and O–H groups in total. The maximum Gasteiger partial charge on any atom is 0.258 e. The van der Waals surface area contributed by atoms with Crippen molar-refractivity contribution in [3.8, 4) is 5.75 Å². The Kier molecular flexibility index (Phi) is 7.50. The number of halogens is 4. The molecule has 2 atom stereocenters. The minimum atomic E-state index is -0.908. The summed E-state index contributed by atoms with van der Waals surface area (Å²) in [6, 6.07) is 9.32. The maximum atomic E-state index is 13.5. The lowest BCUT2D eigenvalue weighted by Gasteiger charge is -2.33. The lowest BCUT2D eigenvalue weighted by molar-refractivity contribution is -0.124. The SMILES string of the molecule is Cl.O=C(COc1ccccc1F)NC1CNCCC1c1ccc(F)c(F)c1. The lowest BCUT2D eigenvalue weighted by atomic mass is 9.86. The summed E-state index contributed by atoms with van der Waals surface area (Å²) in [7, 11) is 0. The highest BCUT2D eigenvalue weighted by molar-refractivity contribution is 5.85. The van der Waals surface area contributed by atoms with Crippen LogP contribution in [0.5, 0.6) is 5.75 Å². The molecule has 2 unspecified atom stereocenters. The first-order chi connectivity index (χ1) is 12.5. The normalized spacial score (nSPS) is 19.1. The Hall–Kier alpha value is -2.25. The first kappa shape index (κ1) is 21.1. The van der Waals surface area contributed by atoms with Crippen molar-refractivity contribution in [2.45, 2.75) is 18.4 Å². The number of nitrogens with one attached hydrogen (secondary N) is 2. The Morgan fingerprint density at radius 3 is 2.63 bits per heavy atom. The van der Waals surface area contributed by atoms with Crippen molar-refractivity contribution < 1.29 is 22.7 Å². The highest BCUT2D eigenvalue weighted by Gasteiger charge is 2.28. The predicted molar refractivity (Wildman–Crippen MR) is 97.7 cm³/mol. The van der Waals surface area contributed by atoms with Gasteiger partial charge in [0.15, 0.2) is 29.8 Å². The Bertz CT molecular complexity index is 791. The third-order valence-corrected chi connectivity index (χ3v) is 4.40. The van der Waals surface area contributed by atoms with E-state index in [9.17, 15) is 18.0 Å². The second-order valence-corrected chi connectivity index (χ2v) is 6.17. The van der Waals surface area contributed by atoms with E-state index in [1.165, 1.54) is 30.3 Å². The van der Waals surface area contributed by atoms with Crippen LogP contribution in [0.1, 0.15) is 17.9 Å². The molecule has 4 nitrogen and oxygen atoms in total. The van der Waals surface area contributed by atoms with Crippen molar-refractivity contribution in [1.82, 2.24) is 10.6 Å². The highest BCUT2D eigenvalue weighted by atomic mass is 35.5. The van der Waals surface area contributed by atoms with E-state index in [1.807, 2.05) is 0 Å². The molecule has 0 spiro atoms. The zero-order valence-electron chi connectivity index (χ0n) is 14.4. The molecule has 1 saturated heterocycles. The molecule has 2 aromatic carbocycles. The number of benzene rings is 2. The second kappa shape index (κ2) is 9.62. The molecule has 1 amide bonds. The fourth-order valence-corrected chi connectivity index (χ4v) is 3.11. The van der Waals surface area contributed by atoms with Gasteiger partial charge in [0.2, 0.25) is 0 Å². The van der Waals surface area contributed by atoms with Crippen LogP contribution in [0.15, 0.2) is 42.5 Å². The average molecular weight is 401 g/mol. The summed E-state index contributed by atoms with van der Waals surface area (Å²) >= 11 is 0. The number of hydrogen-bond acceptors (Lipinski definition) is 3. The molecule has 2 aromatic rings. The quantitative estimate of drug-likeness (QED) is 0.810. The van der Waals surface area contributed by atoms with Crippen LogP contribution in [0.2, 0.25) is 0 Å². The van der Waals surface area contributed by atoms with Crippen LogP contribution in [-0.2, 0) is 4.79 Å². The van der Waals surface area contributed by atoms with Gasteiger partial charge in [-0.15, -0.1) is 12.4 Å². The van der Waals surface area contributed by atoms with Crippen LogP contribution in [0.25, 0.3) is 0 Å². The summed E-state index contributed by atoms with van der Waals surface area (Å²) in [6.45, 7) is 0.874. The van der Waals surface area contributed by atoms with Gasteiger partial charge >= 0.3 is 0 Å². The van der Waals surface area contributed by atoms with Crippen molar-refractivity contribution in [1.29, 1.82) is 0 Å². The Labute approximate surface area is 161 Å². The molecule has 0 aromatic heterocycles. The van der Waals surface area contributed by atoms with Gasteiger partial charge in [-0.2, -0.15) is 0 Å². The number of para-hydroxylation sites is 1. The van der Waals surface area contributed by atoms with E-state index < -0.39 is 23.4 Å². The number of amides is 1. The van der Waals surface area contributed by atoms with E-state index in [0.29, 0.717) is 25.1 Å². The maximum absolute atomic E-state index is 13.5. The van der Waals surface area contributed by atoms with E-state index in [2.05, 4.69) is 10.6 Å². The van der Waals surface area contributed by atoms with Crippen molar-refractivity contribution in [2.24, 2.45) is 0 Å². The molecule has 1 aliphatic rings. The van der Waals surface area contributed by atoms with Gasteiger partial charge < -0.3 is 15.4 Å². The fraction of sp³-hybridized carbons (Fsp3) is 0.316. The summed E-state index contributed by atoms with van der Waals surface area (Å²) < 4.78 is 45.4. The van der Waals surface area contributed by atoms with Gasteiger partial charge in [-0.05, 0) is 42.8 Å². The van der Waals surface area contributed by atoms with Gasteiger partial charge in [-0.25, -0.2) is 13.2 Å². The molecule has 1 fully saturated rings. The molecule has 0 aliphatic carbocycles. The van der Waals surface area contributed by atoms with Gasteiger partial charge in [0, 0.05) is 18.5 Å². The molecule has 27 heavy (non-hydrogen) atoms. The van der Waals surface area contributed by atoms with E-state index in [4.69, 9.17) is 4.74 Å². The minimum absolute atomic E-state index is 0. The Morgan fingerprint density at radius 2 is 1.89 bits per heavy atom. The molecular weight excluding hydrogens is 381 g/mol. The van der Waals surface area contributed by atoms with Crippen LogP contribution in [-0.4, -0.2) is 31.6 Å². The highest BCUT2D eigenvalue weighted by Crippen LogP contribution is 2.27. The third kappa shape index (κ3) is 5.37. The summed E-state index contributed by atoms with van der Waals surface area (Å²) in [5.41, 5.74) is 0.630. The molecule has 146 valence electrons. The van der Waals surface area contributed by atoms with Gasteiger partial charge in [0.25, 0.3) is 5.91 Å². The first-order valence-corrected chi connectivity index (χ1v) is 8.37. The lowest BCUT2D eigenvalue weighted by Crippen LogP contribution is -2.51. The molecule has 0 bridgehead atoms. The molecule has 0 saturated carbocycles. The molecule has 1 heterocycles.